The predicted molar refractivity (Wildman–Crippen MR) is 109 cm³/mol. The van der Waals surface area contributed by atoms with Gasteiger partial charge in [0, 0.05) is 0 Å². The number of hydrogen-bond acceptors (Lipinski definition) is 2. The van der Waals surface area contributed by atoms with Gasteiger partial charge in [-0.25, -0.2) is 4.68 Å². The largest absolute Gasteiger partial charge is 0.243 e. The van der Waals surface area contributed by atoms with Crippen molar-refractivity contribution >= 4 is 0 Å². The summed E-state index contributed by atoms with van der Waals surface area (Å²) in [5, 5.41) is 9.30. The molecule has 1 heterocycles. The highest BCUT2D eigenvalue weighted by Crippen LogP contribution is 2.62. The lowest BCUT2D eigenvalue weighted by Gasteiger charge is -2.30. The summed E-state index contributed by atoms with van der Waals surface area (Å²) in [5.74, 6) is 2.70. The Hall–Kier alpha value is -0.860. The van der Waals surface area contributed by atoms with Gasteiger partial charge in [0.1, 0.15) is 0 Å². The van der Waals surface area contributed by atoms with Gasteiger partial charge in [0.2, 0.25) is 0 Å². The van der Waals surface area contributed by atoms with E-state index in [9.17, 15) is 0 Å². The van der Waals surface area contributed by atoms with Crippen molar-refractivity contribution in [2.75, 3.05) is 0 Å². The molecule has 0 N–H and O–H groups in total. The second-order valence-corrected chi connectivity index (χ2v) is 10.0. The predicted octanol–water partition coefficient (Wildman–Crippen LogP) is 6.16. The van der Waals surface area contributed by atoms with Crippen LogP contribution in [0, 0.1) is 23.2 Å². The molecule has 3 nitrogen and oxygen atoms in total. The molecule has 148 valence electrons. The fourth-order valence-corrected chi connectivity index (χ4v) is 5.94. The molecule has 0 amide bonds. The van der Waals surface area contributed by atoms with Crippen LogP contribution in [0.1, 0.15) is 104 Å². The zero-order valence-electron chi connectivity index (χ0n) is 18.1. The molecular weight excluding hydrogens is 318 g/mol. The normalized spacial score (nSPS) is 27.4. The monoisotopic (exact) mass is 359 g/mol. The molecule has 0 spiro atoms. The van der Waals surface area contributed by atoms with Gasteiger partial charge >= 0.3 is 0 Å². The highest BCUT2D eigenvalue weighted by atomic mass is 15.5. The molecule has 1 fully saturated rings. The standard InChI is InChI=1S/C23H41N3/c1-7-10-11-15-22(4,5)21-17-12-13-19-20(16-18(17)21)26(25-24-19)23(6,9-3)14-8-2/h17-18,21H,7-16H2,1-6H3/t17-,18+,21-,23?/m1/s1. The van der Waals surface area contributed by atoms with E-state index in [4.69, 9.17) is 0 Å². The lowest BCUT2D eigenvalue weighted by atomic mass is 9.79. The zero-order chi connectivity index (χ0) is 18.9. The maximum absolute atomic E-state index is 4.67. The second kappa shape index (κ2) is 7.64. The van der Waals surface area contributed by atoms with E-state index in [1.807, 2.05) is 0 Å². The summed E-state index contributed by atoms with van der Waals surface area (Å²) in [6, 6.07) is 0. The molecule has 3 heteroatoms. The second-order valence-electron chi connectivity index (χ2n) is 10.0. The van der Waals surface area contributed by atoms with Crippen molar-refractivity contribution in [1.29, 1.82) is 0 Å². The number of nitrogens with zero attached hydrogens (tertiary/aromatic N) is 3. The zero-order valence-corrected chi connectivity index (χ0v) is 18.1. The fourth-order valence-electron chi connectivity index (χ4n) is 5.94. The van der Waals surface area contributed by atoms with Gasteiger partial charge in [0.25, 0.3) is 0 Å². The first-order valence-electron chi connectivity index (χ1n) is 11.3. The maximum Gasteiger partial charge on any atom is 0.0859 e. The number of aromatic nitrogens is 3. The number of unbranched alkanes of at least 4 members (excludes halogenated alkanes) is 2. The SMILES string of the molecule is CCCCCC(C)(C)[C@@H]1[C@@H]2CCc3nnn(C(C)(CC)CCC)c3C[C@@H]21. The van der Waals surface area contributed by atoms with E-state index in [1.54, 1.807) is 0 Å². The summed E-state index contributed by atoms with van der Waals surface area (Å²) in [5.41, 5.74) is 3.41. The minimum absolute atomic E-state index is 0.135. The number of hydrogen-bond donors (Lipinski definition) is 0. The summed E-state index contributed by atoms with van der Waals surface area (Å²) in [6.07, 6.45) is 12.7. The van der Waals surface area contributed by atoms with Crippen molar-refractivity contribution in [3.8, 4) is 0 Å². The highest BCUT2D eigenvalue weighted by molar-refractivity contribution is 5.21. The van der Waals surface area contributed by atoms with Crippen LogP contribution < -0.4 is 0 Å². The molecule has 0 radical (unpaired) electrons. The van der Waals surface area contributed by atoms with E-state index in [1.165, 1.54) is 62.8 Å². The summed E-state index contributed by atoms with van der Waals surface area (Å²) >= 11 is 0. The number of fused-ring (bicyclic) bond motifs is 2. The molecule has 3 rings (SSSR count). The van der Waals surface area contributed by atoms with E-state index < -0.39 is 0 Å². The van der Waals surface area contributed by atoms with Crippen LogP contribution in [0.25, 0.3) is 0 Å². The van der Waals surface area contributed by atoms with Gasteiger partial charge in [-0.2, -0.15) is 0 Å². The Labute approximate surface area is 161 Å². The first-order chi connectivity index (χ1) is 12.4. The summed E-state index contributed by atoms with van der Waals surface area (Å²) in [7, 11) is 0. The smallest absolute Gasteiger partial charge is 0.0859 e. The van der Waals surface area contributed by atoms with Gasteiger partial charge in [-0.3, -0.25) is 0 Å². The van der Waals surface area contributed by atoms with Crippen molar-refractivity contribution in [2.24, 2.45) is 23.2 Å². The van der Waals surface area contributed by atoms with Crippen molar-refractivity contribution in [1.82, 2.24) is 15.0 Å². The van der Waals surface area contributed by atoms with Crippen LogP contribution in [0.2, 0.25) is 0 Å². The minimum Gasteiger partial charge on any atom is -0.243 e. The third-order valence-electron chi connectivity index (χ3n) is 7.71. The Morgan fingerprint density at radius 1 is 1.00 bits per heavy atom. The fraction of sp³-hybridized carbons (Fsp3) is 0.913. The average Bonchev–Trinajstić information content (AvgIpc) is 3.20. The molecule has 0 saturated heterocycles. The first kappa shape index (κ1) is 19.9. The lowest BCUT2D eigenvalue weighted by Crippen LogP contribution is -2.32. The maximum atomic E-state index is 4.67. The quantitative estimate of drug-likeness (QED) is 0.494. The van der Waals surface area contributed by atoms with E-state index in [0.29, 0.717) is 5.41 Å². The third kappa shape index (κ3) is 3.60. The molecule has 1 unspecified atom stereocenters. The van der Waals surface area contributed by atoms with Gasteiger partial charge in [-0.05, 0) is 68.6 Å². The summed E-state index contributed by atoms with van der Waals surface area (Å²) < 4.78 is 2.34. The highest BCUT2D eigenvalue weighted by Gasteiger charge is 2.57. The number of aryl methyl sites for hydroxylation is 1. The van der Waals surface area contributed by atoms with Crippen molar-refractivity contribution < 1.29 is 0 Å². The summed E-state index contributed by atoms with van der Waals surface area (Å²) in [6.45, 7) is 14.4. The lowest BCUT2D eigenvalue weighted by molar-refractivity contribution is 0.231. The molecule has 26 heavy (non-hydrogen) atoms. The van der Waals surface area contributed by atoms with Crippen LogP contribution in [-0.4, -0.2) is 15.0 Å². The molecule has 2 aliphatic rings. The third-order valence-corrected chi connectivity index (χ3v) is 7.71. The first-order valence-corrected chi connectivity index (χ1v) is 11.3. The van der Waals surface area contributed by atoms with Crippen LogP contribution in [0.4, 0.5) is 0 Å². The average molecular weight is 360 g/mol. The topological polar surface area (TPSA) is 30.7 Å². The molecule has 4 atom stereocenters. The van der Waals surface area contributed by atoms with E-state index in [2.05, 4.69) is 56.5 Å². The van der Waals surface area contributed by atoms with Gasteiger partial charge in [0.05, 0.1) is 16.9 Å². The Balaban J connectivity index is 1.77. The van der Waals surface area contributed by atoms with E-state index in [0.717, 1.165) is 30.6 Å². The van der Waals surface area contributed by atoms with Crippen LogP contribution in [-0.2, 0) is 18.4 Å². The van der Waals surface area contributed by atoms with Crippen molar-refractivity contribution in [3.05, 3.63) is 11.4 Å². The van der Waals surface area contributed by atoms with Gasteiger partial charge < -0.3 is 0 Å². The molecule has 0 aromatic carbocycles. The van der Waals surface area contributed by atoms with E-state index in [-0.39, 0.29) is 5.54 Å². The van der Waals surface area contributed by atoms with Gasteiger partial charge in [0.15, 0.2) is 0 Å². The van der Waals surface area contributed by atoms with Crippen molar-refractivity contribution in [2.45, 2.75) is 111 Å². The number of rotatable bonds is 9. The van der Waals surface area contributed by atoms with E-state index >= 15 is 0 Å². The molecule has 0 aliphatic heterocycles. The molecule has 0 bridgehead atoms. The van der Waals surface area contributed by atoms with Crippen LogP contribution in [0.5, 0.6) is 0 Å². The van der Waals surface area contributed by atoms with Crippen molar-refractivity contribution in [3.63, 3.8) is 0 Å². The minimum atomic E-state index is 0.135. The van der Waals surface area contributed by atoms with Crippen LogP contribution in [0.3, 0.4) is 0 Å². The molecule has 2 aliphatic carbocycles. The Morgan fingerprint density at radius 2 is 1.77 bits per heavy atom. The van der Waals surface area contributed by atoms with Crippen LogP contribution in [0.15, 0.2) is 0 Å². The molecular formula is C23H41N3. The van der Waals surface area contributed by atoms with Gasteiger partial charge in [-0.1, -0.05) is 65.5 Å². The Morgan fingerprint density at radius 3 is 2.42 bits per heavy atom. The molecule has 1 aromatic rings. The Bertz CT molecular complexity index is 603. The molecule has 1 aromatic heterocycles. The summed E-state index contributed by atoms with van der Waals surface area (Å²) in [4.78, 5) is 0. The van der Waals surface area contributed by atoms with Crippen LogP contribution >= 0.6 is 0 Å². The Kier molecular flexibility index (Phi) is 5.84. The van der Waals surface area contributed by atoms with Gasteiger partial charge in [-0.15, -0.1) is 5.10 Å². The molecule has 1 saturated carbocycles.